The van der Waals surface area contributed by atoms with Crippen molar-refractivity contribution in [1.82, 2.24) is 9.97 Å². The molecule has 1 aliphatic carbocycles. The summed E-state index contributed by atoms with van der Waals surface area (Å²) in [5, 5.41) is 2.22. The standard InChI is InChI=1S/C28H22NO.C23H24N.Ir/c1-18-15-25(29-17-24(18)19-7-3-2-4-8-19)21-12-13-26-23(16-21)28-22-10-6-5-9-20(22)11-14-27(28)30-26;1-17-13-19(14-18-9-6-5-7-10-18)15-22(24-17)20-11-8-12-21(16-20)23(2,3)4;/h2-4,7-8,11,13-17H,5-6,9-10H2,1H3;5-10,12-13,15-16H,14H2,1-4H3;/q2*-1;/i1D3;14D2;. The predicted octanol–water partition coefficient (Wildman–Crippen LogP) is 13.0. The summed E-state index contributed by atoms with van der Waals surface area (Å²) in [5.74, 6) is 0. The minimum absolute atomic E-state index is 0. The van der Waals surface area contributed by atoms with E-state index in [2.05, 4.69) is 67.1 Å². The van der Waals surface area contributed by atoms with Crippen molar-refractivity contribution >= 4 is 21.9 Å². The van der Waals surface area contributed by atoms with Crippen molar-refractivity contribution < 1.29 is 31.4 Å². The molecule has 0 atom stereocenters. The van der Waals surface area contributed by atoms with Crippen molar-refractivity contribution in [3.63, 3.8) is 0 Å². The van der Waals surface area contributed by atoms with Gasteiger partial charge in [0.1, 0.15) is 5.58 Å². The predicted molar refractivity (Wildman–Crippen MR) is 224 cm³/mol. The molecule has 0 unspecified atom stereocenters. The second-order valence-electron chi connectivity index (χ2n) is 15.1. The minimum atomic E-state index is -2.26. The van der Waals surface area contributed by atoms with Gasteiger partial charge in [-0.2, -0.15) is 0 Å². The van der Waals surface area contributed by atoms with Gasteiger partial charge in [0.15, 0.2) is 0 Å². The maximum absolute atomic E-state index is 8.63. The summed E-state index contributed by atoms with van der Waals surface area (Å²) >= 11 is 0. The van der Waals surface area contributed by atoms with E-state index >= 15 is 0 Å². The van der Waals surface area contributed by atoms with E-state index in [0.29, 0.717) is 27.9 Å². The second kappa shape index (κ2) is 16.3. The number of aryl methyl sites for hydroxylation is 4. The number of hydrogen-bond acceptors (Lipinski definition) is 3. The monoisotopic (exact) mass is 900 g/mol. The van der Waals surface area contributed by atoms with Crippen LogP contribution in [0.2, 0.25) is 0 Å². The van der Waals surface area contributed by atoms with Crippen molar-refractivity contribution in [2.45, 2.75) is 72.0 Å². The first-order chi connectivity index (χ1) is 28.2. The first-order valence-corrected chi connectivity index (χ1v) is 18.7. The van der Waals surface area contributed by atoms with Gasteiger partial charge in [-0.25, -0.2) is 0 Å². The first-order valence-electron chi connectivity index (χ1n) is 21.2. The average Bonchev–Trinajstić information content (AvgIpc) is 3.62. The SMILES string of the molecule is [2H]C([2H])([2H])c1cc(-c2[c-]cc3oc4ccc5c(c4c3c2)CCCC5)ncc1-c1ccccc1.[2H]C([2H])(c1ccccc1)c1cc(C)nc(-c2[c-]ccc(C(C)(C)C)c2)c1.[Ir]. The second-order valence-corrected chi connectivity index (χ2v) is 15.1. The zero-order chi connectivity index (χ0) is 41.5. The molecule has 277 valence electrons. The van der Waals surface area contributed by atoms with Gasteiger partial charge in [0.25, 0.3) is 0 Å². The Kier molecular flexibility index (Phi) is 9.52. The molecule has 0 N–H and O–H groups in total. The molecule has 3 heterocycles. The van der Waals surface area contributed by atoms with Gasteiger partial charge in [0.2, 0.25) is 0 Å². The zero-order valence-electron chi connectivity index (χ0n) is 36.6. The van der Waals surface area contributed by atoms with Crippen LogP contribution in [0.3, 0.4) is 0 Å². The third-order valence-electron chi connectivity index (χ3n) is 10.1. The Morgan fingerprint density at radius 1 is 0.782 bits per heavy atom. The number of benzene rings is 5. The van der Waals surface area contributed by atoms with Crippen LogP contribution >= 0.6 is 0 Å². The van der Waals surface area contributed by atoms with E-state index in [9.17, 15) is 0 Å². The normalized spacial score (nSPS) is 14.3. The molecule has 9 rings (SSSR count). The fourth-order valence-corrected chi connectivity index (χ4v) is 7.31. The van der Waals surface area contributed by atoms with Gasteiger partial charge in [-0.3, -0.25) is 0 Å². The molecular formula is C51H46IrN2O-2. The van der Waals surface area contributed by atoms with Crippen molar-refractivity contribution in [3.05, 3.63) is 179 Å². The van der Waals surface area contributed by atoms with Crippen molar-refractivity contribution in [3.8, 4) is 33.6 Å². The van der Waals surface area contributed by atoms with E-state index in [1.54, 1.807) is 12.3 Å². The largest absolute Gasteiger partial charge is 0.500 e. The summed E-state index contributed by atoms with van der Waals surface area (Å²) in [6, 6.07) is 44.9. The molecule has 0 saturated carbocycles. The van der Waals surface area contributed by atoms with E-state index in [4.69, 9.17) is 11.3 Å². The maximum Gasteiger partial charge on any atom is 0.121 e. The zero-order valence-corrected chi connectivity index (χ0v) is 34.0. The molecule has 4 heteroatoms. The molecule has 0 bridgehead atoms. The molecule has 0 saturated heterocycles. The van der Waals surface area contributed by atoms with Crippen LogP contribution in [0.25, 0.3) is 55.6 Å². The summed E-state index contributed by atoms with van der Waals surface area (Å²) < 4.78 is 47.8. The minimum Gasteiger partial charge on any atom is -0.500 e. The smallest absolute Gasteiger partial charge is 0.121 e. The van der Waals surface area contributed by atoms with Crippen LogP contribution in [0.5, 0.6) is 0 Å². The van der Waals surface area contributed by atoms with Gasteiger partial charge in [0, 0.05) is 49.8 Å². The number of rotatable bonds is 5. The molecule has 0 spiro atoms. The van der Waals surface area contributed by atoms with Crippen molar-refractivity contribution in [1.29, 1.82) is 0 Å². The quantitative estimate of drug-likeness (QED) is 0.162. The molecule has 3 nitrogen and oxygen atoms in total. The Morgan fingerprint density at radius 3 is 2.33 bits per heavy atom. The Morgan fingerprint density at radius 2 is 1.55 bits per heavy atom. The molecular weight excluding hydrogens is 849 g/mol. The topological polar surface area (TPSA) is 38.9 Å². The van der Waals surface area contributed by atoms with Gasteiger partial charge in [-0.05, 0) is 108 Å². The Labute approximate surface area is 346 Å². The Balaban J connectivity index is 0.000000184. The summed E-state index contributed by atoms with van der Waals surface area (Å²) in [7, 11) is 0. The molecule has 0 amide bonds. The number of pyridine rings is 2. The van der Waals surface area contributed by atoms with Crippen LogP contribution in [0.15, 0.2) is 132 Å². The average molecular weight is 900 g/mol. The Hall–Kier alpha value is -5.15. The summed E-state index contributed by atoms with van der Waals surface area (Å²) in [5.41, 5.74) is 12.6. The van der Waals surface area contributed by atoms with E-state index in [1.807, 2.05) is 97.9 Å². The summed E-state index contributed by atoms with van der Waals surface area (Å²) in [6.45, 7) is 6.18. The molecule has 0 aliphatic heterocycles. The number of furan rings is 1. The molecule has 55 heavy (non-hydrogen) atoms. The van der Waals surface area contributed by atoms with Gasteiger partial charge >= 0.3 is 0 Å². The molecule has 8 aromatic rings. The van der Waals surface area contributed by atoms with Crippen LogP contribution in [0.1, 0.15) is 79.5 Å². The summed E-state index contributed by atoms with van der Waals surface area (Å²) in [4.78, 5) is 9.28. The maximum atomic E-state index is 8.63. The van der Waals surface area contributed by atoms with Crippen LogP contribution in [-0.2, 0) is 44.7 Å². The van der Waals surface area contributed by atoms with Crippen LogP contribution in [0.4, 0.5) is 0 Å². The van der Waals surface area contributed by atoms with E-state index in [1.165, 1.54) is 34.9 Å². The van der Waals surface area contributed by atoms with Crippen molar-refractivity contribution in [2.24, 2.45) is 0 Å². The van der Waals surface area contributed by atoms with Crippen LogP contribution in [0, 0.1) is 25.9 Å². The van der Waals surface area contributed by atoms with E-state index < -0.39 is 13.2 Å². The molecule has 3 aromatic heterocycles. The molecule has 1 aliphatic rings. The van der Waals surface area contributed by atoms with Gasteiger partial charge in [-0.15, -0.1) is 59.2 Å². The third kappa shape index (κ3) is 8.42. The number of nitrogens with zero attached hydrogens (tertiary/aromatic N) is 2. The van der Waals surface area contributed by atoms with E-state index in [0.717, 1.165) is 57.5 Å². The van der Waals surface area contributed by atoms with E-state index in [-0.39, 0.29) is 25.5 Å². The third-order valence-corrected chi connectivity index (χ3v) is 10.1. The van der Waals surface area contributed by atoms with Gasteiger partial charge in [-0.1, -0.05) is 105 Å². The van der Waals surface area contributed by atoms with Crippen molar-refractivity contribution in [2.75, 3.05) is 0 Å². The van der Waals surface area contributed by atoms with Crippen LogP contribution < -0.4 is 0 Å². The number of aromatic nitrogens is 2. The number of fused-ring (bicyclic) bond motifs is 5. The molecule has 1 radical (unpaired) electrons. The first kappa shape index (κ1) is 32.1. The molecule has 0 fully saturated rings. The fraction of sp³-hybridized carbons (Fsp3) is 0.216. The van der Waals surface area contributed by atoms with Gasteiger partial charge in [0.05, 0.1) is 5.58 Å². The Bertz CT molecular complexity index is 2790. The van der Waals surface area contributed by atoms with Crippen LogP contribution in [-0.4, -0.2) is 9.97 Å². The summed E-state index contributed by atoms with van der Waals surface area (Å²) in [6.07, 6.45) is 4.67. The molecule has 5 aromatic carbocycles. The number of hydrogen-bond donors (Lipinski definition) is 0. The van der Waals surface area contributed by atoms with Gasteiger partial charge < -0.3 is 14.4 Å². The fourth-order valence-electron chi connectivity index (χ4n) is 7.31.